The Morgan fingerprint density at radius 2 is 1.65 bits per heavy atom. The Labute approximate surface area is 119 Å². The number of benzene rings is 1. The number of hydrogen-bond acceptors (Lipinski definition) is 4. The summed E-state index contributed by atoms with van der Waals surface area (Å²) in [6, 6.07) is 5.79. The molecule has 2 aliphatic heterocycles. The van der Waals surface area contributed by atoms with E-state index in [0.29, 0.717) is 11.5 Å². The third kappa shape index (κ3) is 3.14. The molecular formula is C16H20O4. The summed E-state index contributed by atoms with van der Waals surface area (Å²) in [5, 5.41) is 0. The van der Waals surface area contributed by atoms with Crippen LogP contribution in [0.15, 0.2) is 24.8 Å². The summed E-state index contributed by atoms with van der Waals surface area (Å²) in [5.74, 6) is 1.41. The molecule has 0 N–H and O–H groups in total. The van der Waals surface area contributed by atoms with E-state index in [2.05, 4.69) is 6.58 Å². The van der Waals surface area contributed by atoms with Gasteiger partial charge in [-0.05, 0) is 30.5 Å². The Morgan fingerprint density at radius 3 is 2.20 bits per heavy atom. The molecule has 1 aromatic rings. The fourth-order valence-electron chi connectivity index (χ4n) is 2.41. The first-order valence-corrected chi connectivity index (χ1v) is 7.18. The molecule has 0 spiro atoms. The minimum Gasteiger partial charge on any atom is -0.461 e. The third-order valence-corrected chi connectivity index (χ3v) is 3.50. The van der Waals surface area contributed by atoms with Crippen molar-refractivity contribution in [2.24, 2.45) is 0 Å². The first kappa shape index (κ1) is 13.5. The van der Waals surface area contributed by atoms with Gasteiger partial charge in [0.05, 0.1) is 13.2 Å². The highest BCUT2D eigenvalue weighted by Crippen LogP contribution is 2.33. The number of rotatable bonds is 5. The zero-order valence-electron chi connectivity index (χ0n) is 11.5. The SMILES string of the molecule is C=Cc1ccc(OC2CCCO2)c(OC2CCCO2)c1. The molecule has 108 valence electrons. The largest absolute Gasteiger partial charge is 0.461 e. The molecule has 0 saturated carbocycles. The summed E-state index contributed by atoms with van der Waals surface area (Å²) in [6.07, 6.45) is 5.35. The lowest BCUT2D eigenvalue weighted by molar-refractivity contribution is -0.0558. The van der Waals surface area contributed by atoms with Crippen LogP contribution in [0.1, 0.15) is 31.2 Å². The van der Waals surface area contributed by atoms with Crippen molar-refractivity contribution in [1.29, 1.82) is 0 Å². The summed E-state index contributed by atoms with van der Waals surface area (Å²) in [6.45, 7) is 5.30. The second kappa shape index (κ2) is 6.29. The van der Waals surface area contributed by atoms with Crippen LogP contribution in [-0.2, 0) is 9.47 Å². The van der Waals surface area contributed by atoms with Crippen LogP contribution in [0, 0.1) is 0 Å². The van der Waals surface area contributed by atoms with Crippen molar-refractivity contribution < 1.29 is 18.9 Å². The van der Waals surface area contributed by atoms with Gasteiger partial charge in [-0.3, -0.25) is 0 Å². The van der Waals surface area contributed by atoms with Crippen molar-refractivity contribution in [2.45, 2.75) is 38.3 Å². The Bertz CT molecular complexity index is 460. The van der Waals surface area contributed by atoms with Gasteiger partial charge in [0.1, 0.15) is 0 Å². The van der Waals surface area contributed by atoms with Crippen molar-refractivity contribution in [3.05, 3.63) is 30.3 Å². The maximum atomic E-state index is 5.91. The third-order valence-electron chi connectivity index (χ3n) is 3.50. The van der Waals surface area contributed by atoms with E-state index in [1.807, 2.05) is 18.2 Å². The molecule has 4 heteroatoms. The molecule has 2 unspecified atom stereocenters. The molecule has 4 nitrogen and oxygen atoms in total. The average molecular weight is 276 g/mol. The molecule has 0 radical (unpaired) electrons. The monoisotopic (exact) mass is 276 g/mol. The van der Waals surface area contributed by atoms with Gasteiger partial charge in [0.15, 0.2) is 24.1 Å². The fourth-order valence-corrected chi connectivity index (χ4v) is 2.41. The molecule has 1 aromatic carbocycles. The Balaban J connectivity index is 1.76. The highest BCUT2D eigenvalue weighted by molar-refractivity contribution is 5.54. The second-order valence-corrected chi connectivity index (χ2v) is 5.03. The highest BCUT2D eigenvalue weighted by atomic mass is 16.7. The van der Waals surface area contributed by atoms with Gasteiger partial charge in [-0.15, -0.1) is 0 Å². The lowest BCUT2D eigenvalue weighted by atomic mass is 10.2. The topological polar surface area (TPSA) is 36.9 Å². The van der Waals surface area contributed by atoms with E-state index < -0.39 is 0 Å². The molecule has 0 amide bonds. The quantitative estimate of drug-likeness (QED) is 0.826. The normalized spacial score (nSPS) is 25.6. The lowest BCUT2D eigenvalue weighted by Gasteiger charge is -2.19. The standard InChI is InChI=1S/C16H20O4/c1-2-12-7-8-13(19-15-5-3-9-17-15)14(11-12)20-16-6-4-10-18-16/h2,7-8,11,15-16H,1,3-6,9-10H2. The van der Waals surface area contributed by atoms with Crippen LogP contribution in [-0.4, -0.2) is 25.8 Å². The molecule has 2 fully saturated rings. The van der Waals surface area contributed by atoms with Crippen molar-refractivity contribution in [2.75, 3.05) is 13.2 Å². The van der Waals surface area contributed by atoms with Gasteiger partial charge in [-0.25, -0.2) is 0 Å². The summed E-state index contributed by atoms with van der Waals surface area (Å²) in [5.41, 5.74) is 0.998. The lowest BCUT2D eigenvalue weighted by Crippen LogP contribution is -2.18. The Kier molecular flexibility index (Phi) is 4.23. The summed E-state index contributed by atoms with van der Waals surface area (Å²) in [4.78, 5) is 0. The summed E-state index contributed by atoms with van der Waals surface area (Å²) < 4.78 is 22.8. The van der Waals surface area contributed by atoms with Crippen LogP contribution in [0.25, 0.3) is 6.08 Å². The number of hydrogen-bond donors (Lipinski definition) is 0. The molecular weight excluding hydrogens is 256 g/mol. The van der Waals surface area contributed by atoms with Crippen LogP contribution >= 0.6 is 0 Å². The van der Waals surface area contributed by atoms with Crippen molar-refractivity contribution in [3.8, 4) is 11.5 Å². The summed E-state index contributed by atoms with van der Waals surface area (Å²) in [7, 11) is 0. The Morgan fingerprint density at radius 1 is 1.00 bits per heavy atom. The predicted octanol–water partition coefficient (Wildman–Crippen LogP) is 3.36. The first-order valence-electron chi connectivity index (χ1n) is 7.18. The Hall–Kier alpha value is -1.52. The molecule has 2 saturated heterocycles. The van der Waals surface area contributed by atoms with E-state index in [0.717, 1.165) is 44.5 Å². The van der Waals surface area contributed by atoms with E-state index in [-0.39, 0.29) is 12.6 Å². The molecule has 2 aliphatic rings. The number of ether oxygens (including phenoxy) is 4. The zero-order chi connectivity index (χ0) is 13.8. The van der Waals surface area contributed by atoms with Crippen LogP contribution in [0.3, 0.4) is 0 Å². The van der Waals surface area contributed by atoms with Crippen LogP contribution in [0.5, 0.6) is 11.5 Å². The first-order chi connectivity index (χ1) is 9.85. The second-order valence-electron chi connectivity index (χ2n) is 5.03. The van der Waals surface area contributed by atoms with E-state index in [1.165, 1.54) is 0 Å². The van der Waals surface area contributed by atoms with Gasteiger partial charge in [0.25, 0.3) is 0 Å². The molecule has 2 atom stereocenters. The van der Waals surface area contributed by atoms with Crippen LogP contribution in [0.2, 0.25) is 0 Å². The molecule has 20 heavy (non-hydrogen) atoms. The average Bonchev–Trinajstić information content (AvgIpc) is 3.14. The van der Waals surface area contributed by atoms with Crippen molar-refractivity contribution >= 4 is 6.08 Å². The van der Waals surface area contributed by atoms with Gasteiger partial charge in [0.2, 0.25) is 0 Å². The van der Waals surface area contributed by atoms with Gasteiger partial charge in [-0.2, -0.15) is 0 Å². The van der Waals surface area contributed by atoms with E-state index in [1.54, 1.807) is 6.08 Å². The molecule has 0 bridgehead atoms. The van der Waals surface area contributed by atoms with Crippen molar-refractivity contribution in [1.82, 2.24) is 0 Å². The predicted molar refractivity (Wildman–Crippen MR) is 75.7 cm³/mol. The minimum atomic E-state index is -0.179. The maximum absolute atomic E-state index is 5.91. The van der Waals surface area contributed by atoms with Gasteiger partial charge < -0.3 is 18.9 Å². The molecule has 3 rings (SSSR count). The minimum absolute atomic E-state index is 0.170. The van der Waals surface area contributed by atoms with E-state index in [9.17, 15) is 0 Å². The van der Waals surface area contributed by atoms with Crippen LogP contribution < -0.4 is 9.47 Å². The van der Waals surface area contributed by atoms with Gasteiger partial charge in [0, 0.05) is 12.8 Å². The summed E-state index contributed by atoms with van der Waals surface area (Å²) >= 11 is 0. The smallest absolute Gasteiger partial charge is 0.200 e. The fraction of sp³-hybridized carbons (Fsp3) is 0.500. The maximum Gasteiger partial charge on any atom is 0.200 e. The highest BCUT2D eigenvalue weighted by Gasteiger charge is 2.22. The van der Waals surface area contributed by atoms with E-state index >= 15 is 0 Å². The zero-order valence-corrected chi connectivity index (χ0v) is 11.5. The van der Waals surface area contributed by atoms with Crippen molar-refractivity contribution in [3.63, 3.8) is 0 Å². The van der Waals surface area contributed by atoms with Gasteiger partial charge in [-0.1, -0.05) is 18.7 Å². The van der Waals surface area contributed by atoms with E-state index in [4.69, 9.17) is 18.9 Å². The van der Waals surface area contributed by atoms with Crippen LogP contribution in [0.4, 0.5) is 0 Å². The molecule has 0 aliphatic carbocycles. The molecule has 2 heterocycles. The molecule has 0 aromatic heterocycles. The van der Waals surface area contributed by atoms with Gasteiger partial charge >= 0.3 is 0 Å².